The number of benzene rings is 4. The molecule has 0 atom stereocenters. The Labute approximate surface area is 147 Å². The van der Waals surface area contributed by atoms with Gasteiger partial charge in [0.1, 0.15) is 0 Å². The van der Waals surface area contributed by atoms with Gasteiger partial charge in [0.15, 0.2) is 0 Å². The summed E-state index contributed by atoms with van der Waals surface area (Å²) in [7, 11) is 0. The molecule has 0 fully saturated rings. The average Bonchev–Trinajstić information content (AvgIpc) is 3.07. The van der Waals surface area contributed by atoms with E-state index in [1.807, 2.05) is 0 Å². The van der Waals surface area contributed by atoms with E-state index in [2.05, 4.69) is 97.9 Å². The summed E-state index contributed by atoms with van der Waals surface area (Å²) in [6.07, 6.45) is 5.97. The molecule has 120 valence electrons. The molecule has 0 saturated heterocycles. The van der Waals surface area contributed by atoms with Crippen molar-refractivity contribution in [1.29, 1.82) is 0 Å². The largest absolute Gasteiger partial charge is 0.0639 e. The molecule has 0 unspecified atom stereocenters. The molecule has 0 heterocycles. The summed E-state index contributed by atoms with van der Waals surface area (Å²) in [4.78, 5) is 0. The molecular formula is C25H20. The van der Waals surface area contributed by atoms with Gasteiger partial charge in [-0.05, 0) is 44.0 Å². The maximum atomic E-state index is 2.46. The molecule has 0 radical (unpaired) electrons. The molecular weight excluding hydrogens is 300 g/mol. The van der Waals surface area contributed by atoms with Gasteiger partial charge in [0.05, 0.1) is 0 Å². The van der Waals surface area contributed by atoms with Gasteiger partial charge in [0.25, 0.3) is 0 Å². The zero-order valence-corrected chi connectivity index (χ0v) is 14.4. The molecule has 0 aromatic heterocycles. The molecule has 0 heteroatoms. The molecule has 0 nitrogen and oxygen atoms in total. The highest BCUT2D eigenvalue weighted by atomic mass is 14.3. The molecule has 0 aliphatic heterocycles. The van der Waals surface area contributed by atoms with Crippen molar-refractivity contribution in [3.8, 4) is 0 Å². The second kappa shape index (κ2) is 5.32. The molecule has 25 heavy (non-hydrogen) atoms. The van der Waals surface area contributed by atoms with Gasteiger partial charge in [-0.1, -0.05) is 97.9 Å². The third kappa shape index (κ3) is 2.07. The molecule has 0 amide bonds. The van der Waals surface area contributed by atoms with E-state index in [9.17, 15) is 0 Å². The smallest absolute Gasteiger partial charge is 0.0333 e. The van der Waals surface area contributed by atoms with Gasteiger partial charge >= 0.3 is 0 Å². The van der Waals surface area contributed by atoms with E-state index in [0.29, 0.717) is 0 Å². The van der Waals surface area contributed by atoms with Crippen LogP contribution < -0.4 is 10.4 Å². The molecule has 4 aromatic rings. The number of hydrogen-bond donors (Lipinski definition) is 0. The Hall–Kier alpha value is -2.86. The first-order valence-electron chi connectivity index (χ1n) is 9.02. The van der Waals surface area contributed by atoms with Crippen LogP contribution in [0.25, 0.3) is 33.7 Å². The van der Waals surface area contributed by atoms with Crippen molar-refractivity contribution in [3.63, 3.8) is 0 Å². The first-order valence-corrected chi connectivity index (χ1v) is 9.02. The Kier molecular flexibility index (Phi) is 3.08. The van der Waals surface area contributed by atoms with E-state index in [1.165, 1.54) is 37.5 Å². The van der Waals surface area contributed by atoms with Gasteiger partial charge in [-0.15, -0.1) is 0 Å². The minimum absolute atomic E-state index is 0.0344. The van der Waals surface area contributed by atoms with Gasteiger partial charge in [0, 0.05) is 5.41 Å². The normalized spacial score (nSPS) is 14.9. The van der Waals surface area contributed by atoms with Gasteiger partial charge in [-0.3, -0.25) is 0 Å². The Morgan fingerprint density at radius 3 is 2.04 bits per heavy atom. The highest BCUT2D eigenvalue weighted by Crippen LogP contribution is 2.40. The van der Waals surface area contributed by atoms with E-state index < -0.39 is 0 Å². The van der Waals surface area contributed by atoms with Crippen LogP contribution in [0.2, 0.25) is 0 Å². The molecule has 5 rings (SSSR count). The maximum Gasteiger partial charge on any atom is 0.0333 e. The lowest BCUT2D eigenvalue weighted by atomic mass is 9.76. The Morgan fingerprint density at radius 1 is 0.640 bits per heavy atom. The van der Waals surface area contributed by atoms with E-state index in [-0.39, 0.29) is 5.41 Å². The van der Waals surface area contributed by atoms with Crippen molar-refractivity contribution in [2.75, 3.05) is 0 Å². The van der Waals surface area contributed by atoms with Gasteiger partial charge in [0.2, 0.25) is 0 Å². The van der Waals surface area contributed by atoms with Crippen molar-refractivity contribution in [3.05, 3.63) is 94.9 Å². The maximum absolute atomic E-state index is 2.46. The molecule has 0 N–H and O–H groups in total. The highest BCUT2D eigenvalue weighted by Gasteiger charge is 2.29. The number of rotatable bonds is 2. The molecule has 0 bridgehead atoms. The third-order valence-corrected chi connectivity index (χ3v) is 5.68. The van der Waals surface area contributed by atoms with E-state index in [4.69, 9.17) is 0 Å². The molecule has 0 saturated carbocycles. The van der Waals surface area contributed by atoms with E-state index in [1.54, 1.807) is 0 Å². The fraction of sp³-hybridized carbons (Fsp3) is 0.120. The van der Waals surface area contributed by atoms with Crippen LogP contribution in [0.5, 0.6) is 0 Å². The first-order chi connectivity index (χ1) is 12.3. The number of hydrogen-bond acceptors (Lipinski definition) is 0. The number of fused-ring (bicyclic) bond motifs is 4. The van der Waals surface area contributed by atoms with E-state index in [0.717, 1.165) is 6.42 Å². The highest BCUT2D eigenvalue weighted by molar-refractivity contribution is 6.10. The second-order valence-corrected chi connectivity index (χ2v) is 7.00. The van der Waals surface area contributed by atoms with Crippen LogP contribution in [0.1, 0.15) is 18.9 Å². The lowest BCUT2D eigenvalue weighted by molar-refractivity contribution is 0.728. The fourth-order valence-electron chi connectivity index (χ4n) is 4.37. The Morgan fingerprint density at radius 2 is 1.28 bits per heavy atom. The van der Waals surface area contributed by atoms with Crippen LogP contribution in [0.15, 0.2) is 78.9 Å². The standard InChI is InChI=1S/C25H20/c1-2-25(16-20-9-3-4-10-21(20)17-25)23-13-7-11-19-15-14-18-8-5-6-12-22(18)24(19)23/h3-17H,2H2,1H3. The van der Waals surface area contributed by atoms with Crippen molar-refractivity contribution < 1.29 is 0 Å². The van der Waals surface area contributed by atoms with Crippen LogP contribution in [0, 0.1) is 0 Å². The van der Waals surface area contributed by atoms with Gasteiger partial charge in [-0.2, -0.15) is 0 Å². The minimum Gasteiger partial charge on any atom is -0.0639 e. The van der Waals surface area contributed by atoms with Crippen molar-refractivity contribution in [2.24, 2.45) is 0 Å². The van der Waals surface area contributed by atoms with Crippen molar-refractivity contribution in [1.82, 2.24) is 0 Å². The summed E-state index contributed by atoms with van der Waals surface area (Å²) in [6.45, 7) is 2.29. The summed E-state index contributed by atoms with van der Waals surface area (Å²) in [5, 5.41) is 8.07. The van der Waals surface area contributed by atoms with E-state index >= 15 is 0 Å². The average molecular weight is 320 g/mol. The zero-order valence-electron chi connectivity index (χ0n) is 14.4. The lowest BCUT2D eigenvalue weighted by Crippen LogP contribution is -2.19. The molecule has 4 aromatic carbocycles. The van der Waals surface area contributed by atoms with Crippen LogP contribution in [0.4, 0.5) is 0 Å². The van der Waals surface area contributed by atoms with Gasteiger partial charge in [-0.25, -0.2) is 0 Å². The summed E-state index contributed by atoms with van der Waals surface area (Å²) < 4.78 is 0. The quantitative estimate of drug-likeness (QED) is 0.460. The zero-order chi connectivity index (χ0) is 16.9. The SMILES string of the molecule is CCC1(c2cccc3ccc4ccccc4c23)C=c2ccccc2=C1. The second-order valence-electron chi connectivity index (χ2n) is 7.00. The van der Waals surface area contributed by atoms with Crippen LogP contribution in [-0.2, 0) is 5.41 Å². The fourth-order valence-corrected chi connectivity index (χ4v) is 4.37. The molecule has 1 aliphatic carbocycles. The summed E-state index contributed by atoms with van der Waals surface area (Å²) in [5.41, 5.74) is 1.38. The summed E-state index contributed by atoms with van der Waals surface area (Å²) >= 11 is 0. The first kappa shape index (κ1) is 14.5. The predicted molar refractivity (Wildman–Crippen MR) is 108 cm³/mol. The molecule has 0 spiro atoms. The van der Waals surface area contributed by atoms with Crippen molar-refractivity contribution >= 4 is 33.7 Å². The van der Waals surface area contributed by atoms with Crippen LogP contribution in [-0.4, -0.2) is 0 Å². The Bertz CT molecular complexity index is 1190. The topological polar surface area (TPSA) is 0 Å². The van der Waals surface area contributed by atoms with Gasteiger partial charge < -0.3 is 0 Å². The summed E-state index contributed by atoms with van der Waals surface area (Å²) in [6, 6.07) is 28.7. The summed E-state index contributed by atoms with van der Waals surface area (Å²) in [5.74, 6) is 0. The van der Waals surface area contributed by atoms with Crippen LogP contribution in [0.3, 0.4) is 0 Å². The lowest BCUT2D eigenvalue weighted by Gasteiger charge is -2.27. The molecule has 1 aliphatic rings. The van der Waals surface area contributed by atoms with Crippen LogP contribution >= 0.6 is 0 Å². The third-order valence-electron chi connectivity index (χ3n) is 5.68. The monoisotopic (exact) mass is 320 g/mol. The Balaban J connectivity index is 1.93. The minimum atomic E-state index is -0.0344. The van der Waals surface area contributed by atoms with Crippen molar-refractivity contribution in [2.45, 2.75) is 18.8 Å². The predicted octanol–water partition coefficient (Wildman–Crippen LogP) is 4.92.